The van der Waals surface area contributed by atoms with E-state index in [9.17, 15) is 14.4 Å². The molecule has 0 aromatic carbocycles. The van der Waals surface area contributed by atoms with Crippen LogP contribution in [-0.2, 0) is 31.5 Å². The van der Waals surface area contributed by atoms with Crippen LogP contribution < -0.4 is 6.15 Å². The van der Waals surface area contributed by atoms with E-state index in [1.807, 2.05) is 0 Å². The molecule has 0 spiro atoms. The number of carboxylic acid groups (broad SMARTS) is 3. The van der Waals surface area contributed by atoms with Crippen molar-refractivity contribution in [3.63, 3.8) is 0 Å². The zero-order chi connectivity index (χ0) is 10.4. The van der Waals surface area contributed by atoms with Gasteiger partial charge < -0.3 is 21.5 Å². The normalized spacial score (nSPS) is 8.60. The van der Waals surface area contributed by atoms with E-state index < -0.39 is 37.5 Å². The largest absolute Gasteiger partial charge is 0.480 e. The minimum atomic E-state index is -1.26. The molecule has 15 heavy (non-hydrogen) atoms. The summed E-state index contributed by atoms with van der Waals surface area (Å²) < 4.78 is 0. The molecular weight excluding hydrogens is 251 g/mol. The Hall–Kier alpha value is -1.15. The van der Waals surface area contributed by atoms with Crippen molar-refractivity contribution in [2.24, 2.45) is 0 Å². The van der Waals surface area contributed by atoms with Gasteiger partial charge in [0.05, 0.1) is 19.6 Å². The van der Waals surface area contributed by atoms with Crippen molar-refractivity contribution >= 4 is 17.9 Å². The molecule has 0 aromatic rings. The Morgan fingerprint density at radius 2 is 1.00 bits per heavy atom. The molecule has 0 unspecified atom stereocenters. The maximum Gasteiger partial charge on any atom is 0.317 e. The molecule has 0 aromatic heterocycles. The Bertz CT molecular complexity index is 196. The molecule has 0 saturated carbocycles. The molecular formula is C6H12MnN2O6. The van der Waals surface area contributed by atoms with E-state index in [1.165, 1.54) is 0 Å². The minimum Gasteiger partial charge on any atom is -0.480 e. The first-order valence-corrected chi connectivity index (χ1v) is 3.29. The van der Waals surface area contributed by atoms with Crippen molar-refractivity contribution in [1.82, 2.24) is 11.1 Å². The third kappa shape index (κ3) is 12.8. The van der Waals surface area contributed by atoms with Gasteiger partial charge in [0, 0.05) is 17.1 Å². The van der Waals surface area contributed by atoms with Crippen LogP contribution in [0.1, 0.15) is 0 Å². The molecule has 0 saturated heterocycles. The molecule has 0 rings (SSSR count). The maximum atomic E-state index is 10.1. The average molecular weight is 263 g/mol. The number of aliphatic carboxylic acids is 3. The molecule has 8 nitrogen and oxygen atoms in total. The van der Waals surface area contributed by atoms with Crippen LogP contribution in [0, 0.1) is 0 Å². The predicted molar refractivity (Wildman–Crippen MR) is 44.4 cm³/mol. The molecule has 0 bridgehead atoms. The van der Waals surface area contributed by atoms with Crippen LogP contribution in [0.5, 0.6) is 0 Å². The first-order valence-electron chi connectivity index (χ1n) is 3.29. The summed E-state index contributed by atoms with van der Waals surface area (Å²) in [5, 5.41) is 24.8. The minimum absolute atomic E-state index is 0. The van der Waals surface area contributed by atoms with Crippen LogP contribution in [0.25, 0.3) is 0 Å². The van der Waals surface area contributed by atoms with E-state index in [0.717, 1.165) is 4.90 Å². The summed E-state index contributed by atoms with van der Waals surface area (Å²) in [6, 6.07) is 0. The van der Waals surface area contributed by atoms with Crippen molar-refractivity contribution in [2.45, 2.75) is 0 Å². The molecule has 1 radical (unpaired) electrons. The fourth-order valence-corrected chi connectivity index (χ4v) is 0.742. The molecule has 0 aliphatic heterocycles. The Balaban J connectivity index is -0.000000720. The number of hydrogen-bond donors (Lipinski definition) is 4. The van der Waals surface area contributed by atoms with E-state index in [1.54, 1.807) is 0 Å². The Morgan fingerprint density at radius 3 is 1.13 bits per heavy atom. The van der Waals surface area contributed by atoms with Crippen LogP contribution in [0.3, 0.4) is 0 Å². The fraction of sp³-hybridized carbons (Fsp3) is 0.500. The average Bonchev–Trinajstić information content (AvgIpc) is 1.80. The molecule has 0 amide bonds. The monoisotopic (exact) mass is 263 g/mol. The van der Waals surface area contributed by atoms with Crippen LogP contribution in [0.4, 0.5) is 0 Å². The SMILES string of the molecule is N.O=C(O)CN(CC(=O)O)CC(=O)O.[Mn]. The van der Waals surface area contributed by atoms with Gasteiger partial charge in [-0.3, -0.25) is 19.3 Å². The van der Waals surface area contributed by atoms with Crippen molar-refractivity contribution < 1.29 is 46.8 Å². The van der Waals surface area contributed by atoms with E-state index in [0.29, 0.717) is 0 Å². The molecule has 0 heterocycles. The standard InChI is InChI=1S/C6H9NO6.Mn.H3N/c8-4(9)1-7(2-5(10)11)3-6(12)13;;/h1-3H2,(H,8,9)(H,10,11)(H,12,13);;1H3. The Labute approximate surface area is 95.9 Å². The first-order chi connectivity index (χ1) is 5.91. The summed E-state index contributed by atoms with van der Waals surface area (Å²) in [6.45, 7) is -1.80. The van der Waals surface area contributed by atoms with Gasteiger partial charge in [-0.25, -0.2) is 0 Å². The number of nitrogens with zero attached hydrogens (tertiary/aromatic N) is 1. The third-order valence-corrected chi connectivity index (χ3v) is 1.08. The third-order valence-electron chi connectivity index (χ3n) is 1.08. The molecule has 0 aliphatic carbocycles. The van der Waals surface area contributed by atoms with E-state index in [4.69, 9.17) is 15.3 Å². The quantitative estimate of drug-likeness (QED) is 0.432. The zero-order valence-corrected chi connectivity index (χ0v) is 8.90. The van der Waals surface area contributed by atoms with Crippen LogP contribution >= 0.6 is 0 Å². The van der Waals surface area contributed by atoms with E-state index >= 15 is 0 Å². The van der Waals surface area contributed by atoms with Gasteiger partial charge in [0.15, 0.2) is 0 Å². The summed E-state index contributed by atoms with van der Waals surface area (Å²) in [6.07, 6.45) is 0. The van der Waals surface area contributed by atoms with Crippen molar-refractivity contribution in [3.8, 4) is 0 Å². The van der Waals surface area contributed by atoms with E-state index in [-0.39, 0.29) is 23.2 Å². The summed E-state index contributed by atoms with van der Waals surface area (Å²) >= 11 is 0. The molecule has 0 aliphatic rings. The maximum absolute atomic E-state index is 10.1. The summed E-state index contributed by atoms with van der Waals surface area (Å²) in [5.74, 6) is -3.78. The zero-order valence-electron chi connectivity index (χ0n) is 7.72. The fourth-order valence-electron chi connectivity index (χ4n) is 0.742. The topological polar surface area (TPSA) is 150 Å². The van der Waals surface area contributed by atoms with Gasteiger partial charge in [-0.2, -0.15) is 0 Å². The van der Waals surface area contributed by atoms with Gasteiger partial charge in [-0.05, 0) is 0 Å². The second kappa shape index (κ2) is 9.41. The van der Waals surface area contributed by atoms with Gasteiger partial charge in [0.2, 0.25) is 0 Å². The Morgan fingerprint density at radius 1 is 0.800 bits per heavy atom. The van der Waals surface area contributed by atoms with Gasteiger partial charge in [0.1, 0.15) is 0 Å². The Kier molecular flexibility index (Phi) is 12.2. The van der Waals surface area contributed by atoms with Gasteiger partial charge in [0.25, 0.3) is 0 Å². The van der Waals surface area contributed by atoms with Crippen LogP contribution in [0.2, 0.25) is 0 Å². The van der Waals surface area contributed by atoms with Crippen molar-refractivity contribution in [3.05, 3.63) is 0 Å². The summed E-state index contributed by atoms with van der Waals surface area (Å²) in [7, 11) is 0. The van der Waals surface area contributed by atoms with Gasteiger partial charge >= 0.3 is 17.9 Å². The van der Waals surface area contributed by atoms with Gasteiger partial charge in [-0.15, -0.1) is 0 Å². The smallest absolute Gasteiger partial charge is 0.317 e. The van der Waals surface area contributed by atoms with Crippen LogP contribution in [-0.4, -0.2) is 57.8 Å². The predicted octanol–water partition coefficient (Wildman–Crippen LogP) is -1.30. The molecule has 9 heteroatoms. The van der Waals surface area contributed by atoms with Crippen molar-refractivity contribution in [2.75, 3.05) is 19.6 Å². The van der Waals surface area contributed by atoms with Gasteiger partial charge in [-0.1, -0.05) is 0 Å². The molecule has 0 atom stereocenters. The van der Waals surface area contributed by atoms with Crippen molar-refractivity contribution in [1.29, 1.82) is 0 Å². The number of carbonyl (C=O) groups is 3. The summed E-state index contributed by atoms with van der Waals surface area (Å²) in [4.78, 5) is 31.2. The second-order valence-corrected chi connectivity index (χ2v) is 2.33. The van der Waals surface area contributed by atoms with E-state index in [2.05, 4.69) is 0 Å². The number of carboxylic acids is 3. The van der Waals surface area contributed by atoms with Crippen LogP contribution in [0.15, 0.2) is 0 Å². The second-order valence-electron chi connectivity index (χ2n) is 2.33. The molecule has 6 N–H and O–H groups in total. The number of rotatable bonds is 6. The first kappa shape index (κ1) is 19.4. The molecule has 0 fully saturated rings. The molecule has 89 valence electrons. The summed E-state index contributed by atoms with van der Waals surface area (Å²) in [5.41, 5.74) is 0. The number of hydrogen-bond acceptors (Lipinski definition) is 5.